The van der Waals surface area contributed by atoms with Crippen LogP contribution < -0.4 is 5.32 Å². The number of hydrogen-bond acceptors (Lipinski definition) is 3. The minimum Gasteiger partial charge on any atom is -0.478 e. The summed E-state index contributed by atoms with van der Waals surface area (Å²) in [7, 11) is 0. The maximum atomic E-state index is 13.4. The van der Waals surface area contributed by atoms with Gasteiger partial charge in [0.1, 0.15) is 11.5 Å². The molecule has 2 rings (SSSR count). The van der Waals surface area contributed by atoms with Crippen molar-refractivity contribution in [3.8, 4) is 0 Å². The summed E-state index contributed by atoms with van der Waals surface area (Å²) in [5, 5.41) is 11.4. The van der Waals surface area contributed by atoms with Crippen LogP contribution in [0.5, 0.6) is 0 Å². The van der Waals surface area contributed by atoms with Gasteiger partial charge in [0.05, 0.1) is 11.3 Å². The van der Waals surface area contributed by atoms with Crippen LogP contribution in [0.15, 0.2) is 36.4 Å². The fourth-order valence-electron chi connectivity index (χ4n) is 1.82. The van der Waals surface area contributed by atoms with Gasteiger partial charge in [-0.1, -0.05) is 18.2 Å². The van der Waals surface area contributed by atoms with Crippen LogP contribution >= 0.6 is 0 Å². The van der Waals surface area contributed by atoms with Gasteiger partial charge in [0.15, 0.2) is 0 Å². The van der Waals surface area contributed by atoms with Crippen LogP contribution in [0.4, 0.5) is 4.39 Å². The Kier molecular flexibility index (Phi) is 4.27. The van der Waals surface area contributed by atoms with Crippen molar-refractivity contribution in [1.82, 2.24) is 10.3 Å². The Morgan fingerprint density at radius 1 is 1.24 bits per heavy atom. The molecule has 0 fully saturated rings. The average Bonchev–Trinajstić information content (AvgIpc) is 2.45. The molecule has 1 heterocycles. The van der Waals surface area contributed by atoms with Crippen LogP contribution in [0.2, 0.25) is 0 Å². The van der Waals surface area contributed by atoms with Gasteiger partial charge in [-0.3, -0.25) is 4.79 Å². The summed E-state index contributed by atoms with van der Waals surface area (Å²) in [4.78, 5) is 26.7. The molecule has 1 aromatic carbocycles. The molecule has 0 saturated carbocycles. The first-order chi connectivity index (χ1) is 9.99. The molecular formula is C15H13FN2O3. The standard InChI is InChI=1S/C15H13FN2O3/c1-9-11(15(20)21)6-7-13(18-9)14(19)17-8-10-4-2-3-5-12(10)16/h2-7H,8H2,1H3,(H,17,19)(H,20,21). The van der Waals surface area contributed by atoms with E-state index in [0.717, 1.165) is 0 Å². The summed E-state index contributed by atoms with van der Waals surface area (Å²) >= 11 is 0. The smallest absolute Gasteiger partial charge is 0.337 e. The number of carbonyl (C=O) groups is 2. The summed E-state index contributed by atoms with van der Waals surface area (Å²) in [5.74, 6) is -1.99. The van der Waals surface area contributed by atoms with E-state index in [1.165, 1.54) is 25.1 Å². The zero-order valence-electron chi connectivity index (χ0n) is 11.3. The monoisotopic (exact) mass is 288 g/mol. The van der Waals surface area contributed by atoms with Gasteiger partial charge in [-0.15, -0.1) is 0 Å². The van der Waals surface area contributed by atoms with Crippen molar-refractivity contribution in [1.29, 1.82) is 0 Å². The number of aromatic carboxylic acids is 1. The number of benzene rings is 1. The average molecular weight is 288 g/mol. The number of carbonyl (C=O) groups excluding carboxylic acids is 1. The van der Waals surface area contributed by atoms with Gasteiger partial charge < -0.3 is 10.4 Å². The molecule has 108 valence electrons. The van der Waals surface area contributed by atoms with E-state index in [9.17, 15) is 14.0 Å². The van der Waals surface area contributed by atoms with E-state index in [4.69, 9.17) is 5.11 Å². The Labute approximate surface area is 120 Å². The van der Waals surface area contributed by atoms with Crippen LogP contribution in [-0.4, -0.2) is 22.0 Å². The van der Waals surface area contributed by atoms with Crippen LogP contribution in [0.25, 0.3) is 0 Å². The highest BCUT2D eigenvalue weighted by molar-refractivity contribution is 5.94. The molecule has 5 nitrogen and oxygen atoms in total. The maximum absolute atomic E-state index is 13.4. The predicted molar refractivity (Wildman–Crippen MR) is 73.5 cm³/mol. The van der Waals surface area contributed by atoms with Crippen molar-refractivity contribution in [3.05, 3.63) is 64.7 Å². The third-order valence-electron chi connectivity index (χ3n) is 2.95. The zero-order valence-corrected chi connectivity index (χ0v) is 11.3. The molecule has 0 aliphatic rings. The fourth-order valence-corrected chi connectivity index (χ4v) is 1.82. The normalized spacial score (nSPS) is 10.2. The summed E-state index contributed by atoms with van der Waals surface area (Å²) in [6, 6.07) is 8.77. The molecular weight excluding hydrogens is 275 g/mol. The van der Waals surface area contributed by atoms with Crippen molar-refractivity contribution in [2.24, 2.45) is 0 Å². The molecule has 6 heteroatoms. The third-order valence-corrected chi connectivity index (χ3v) is 2.95. The molecule has 2 aromatic rings. The van der Waals surface area contributed by atoms with Crippen molar-refractivity contribution < 1.29 is 19.1 Å². The van der Waals surface area contributed by atoms with Crippen LogP contribution in [0.3, 0.4) is 0 Å². The zero-order chi connectivity index (χ0) is 15.4. The number of pyridine rings is 1. The summed E-state index contributed by atoms with van der Waals surface area (Å²) < 4.78 is 13.4. The van der Waals surface area contributed by atoms with E-state index in [-0.39, 0.29) is 23.5 Å². The number of carboxylic acids is 1. The Morgan fingerprint density at radius 3 is 2.57 bits per heavy atom. The first-order valence-electron chi connectivity index (χ1n) is 6.21. The second-order valence-corrected chi connectivity index (χ2v) is 4.41. The molecule has 0 unspecified atom stereocenters. The summed E-state index contributed by atoms with van der Waals surface area (Å²) in [6.07, 6.45) is 0. The molecule has 1 aromatic heterocycles. The highest BCUT2D eigenvalue weighted by Crippen LogP contribution is 2.08. The number of hydrogen-bond donors (Lipinski definition) is 2. The first-order valence-corrected chi connectivity index (χ1v) is 6.21. The van der Waals surface area contributed by atoms with E-state index in [0.29, 0.717) is 5.56 Å². The van der Waals surface area contributed by atoms with Gasteiger partial charge in [0.25, 0.3) is 5.91 Å². The van der Waals surface area contributed by atoms with E-state index < -0.39 is 17.7 Å². The molecule has 0 bridgehead atoms. The number of aromatic nitrogens is 1. The second-order valence-electron chi connectivity index (χ2n) is 4.41. The molecule has 0 aliphatic carbocycles. The predicted octanol–water partition coefficient (Wildman–Crippen LogP) is 2.16. The molecule has 0 atom stereocenters. The van der Waals surface area contributed by atoms with E-state index in [1.807, 2.05) is 0 Å². The minimum atomic E-state index is -1.10. The highest BCUT2D eigenvalue weighted by Gasteiger charge is 2.13. The van der Waals surface area contributed by atoms with Crippen LogP contribution in [-0.2, 0) is 6.54 Å². The SMILES string of the molecule is Cc1nc(C(=O)NCc2ccccc2F)ccc1C(=O)O. The van der Waals surface area contributed by atoms with Crippen molar-refractivity contribution in [3.63, 3.8) is 0 Å². The lowest BCUT2D eigenvalue weighted by Crippen LogP contribution is -2.24. The van der Waals surface area contributed by atoms with Gasteiger partial charge in [-0.25, -0.2) is 14.2 Å². The molecule has 2 N–H and O–H groups in total. The van der Waals surface area contributed by atoms with E-state index in [2.05, 4.69) is 10.3 Å². The van der Waals surface area contributed by atoms with Gasteiger partial charge in [-0.05, 0) is 25.1 Å². The molecule has 0 spiro atoms. The first kappa shape index (κ1) is 14.6. The van der Waals surface area contributed by atoms with Crippen molar-refractivity contribution in [2.45, 2.75) is 13.5 Å². The van der Waals surface area contributed by atoms with Crippen LogP contribution in [0, 0.1) is 12.7 Å². The van der Waals surface area contributed by atoms with Crippen LogP contribution in [0.1, 0.15) is 32.1 Å². The molecule has 0 radical (unpaired) electrons. The quantitative estimate of drug-likeness (QED) is 0.903. The summed E-state index contributed by atoms with van der Waals surface area (Å²) in [5.41, 5.74) is 0.750. The van der Waals surface area contributed by atoms with Gasteiger partial charge in [0.2, 0.25) is 0 Å². The lowest BCUT2D eigenvalue weighted by Gasteiger charge is -2.07. The van der Waals surface area contributed by atoms with Crippen molar-refractivity contribution in [2.75, 3.05) is 0 Å². The Hall–Kier alpha value is -2.76. The fraction of sp³-hybridized carbons (Fsp3) is 0.133. The molecule has 1 amide bonds. The Morgan fingerprint density at radius 2 is 1.95 bits per heavy atom. The number of aryl methyl sites for hydroxylation is 1. The maximum Gasteiger partial charge on any atom is 0.337 e. The van der Waals surface area contributed by atoms with E-state index >= 15 is 0 Å². The summed E-state index contributed by atoms with van der Waals surface area (Å²) in [6.45, 7) is 1.55. The molecule has 21 heavy (non-hydrogen) atoms. The van der Waals surface area contributed by atoms with Gasteiger partial charge in [-0.2, -0.15) is 0 Å². The van der Waals surface area contributed by atoms with Crippen molar-refractivity contribution >= 4 is 11.9 Å². The lowest BCUT2D eigenvalue weighted by atomic mass is 10.1. The number of rotatable bonds is 4. The lowest BCUT2D eigenvalue weighted by molar-refractivity contribution is 0.0694. The second kappa shape index (κ2) is 6.13. The largest absolute Gasteiger partial charge is 0.478 e. The van der Waals surface area contributed by atoms with Gasteiger partial charge in [0, 0.05) is 12.1 Å². The minimum absolute atomic E-state index is 0.0346. The van der Waals surface area contributed by atoms with E-state index in [1.54, 1.807) is 18.2 Å². The number of nitrogens with zero attached hydrogens (tertiary/aromatic N) is 1. The van der Waals surface area contributed by atoms with Gasteiger partial charge >= 0.3 is 5.97 Å². The molecule has 0 aliphatic heterocycles. The number of halogens is 1. The number of amides is 1. The number of carboxylic acid groups (broad SMARTS) is 1. The molecule has 0 saturated heterocycles. The third kappa shape index (κ3) is 3.42. The highest BCUT2D eigenvalue weighted by atomic mass is 19.1. The Balaban J connectivity index is 2.09. The Bertz CT molecular complexity index is 701. The topological polar surface area (TPSA) is 79.3 Å². The number of nitrogens with one attached hydrogen (secondary N) is 1.